The molecule has 2 saturated heterocycles. The van der Waals surface area contributed by atoms with Crippen molar-refractivity contribution in [2.45, 2.75) is 18.6 Å². The van der Waals surface area contributed by atoms with E-state index < -0.39 is 12.1 Å². The van der Waals surface area contributed by atoms with Crippen LogP contribution in [0.5, 0.6) is 0 Å². The number of nitrogens with one attached hydrogen (secondary N) is 2. The Kier molecular flexibility index (Phi) is 6.90. The van der Waals surface area contributed by atoms with Gasteiger partial charge in [0.25, 0.3) is 5.91 Å². The van der Waals surface area contributed by atoms with Crippen molar-refractivity contribution in [3.05, 3.63) is 53.6 Å². The first-order valence-electron chi connectivity index (χ1n) is 10.2. The zero-order valence-electron chi connectivity index (χ0n) is 17.2. The van der Waals surface area contributed by atoms with Crippen LogP contribution in [0.25, 0.3) is 0 Å². The third-order valence-corrected chi connectivity index (χ3v) is 5.96. The summed E-state index contributed by atoms with van der Waals surface area (Å²) in [7, 11) is 0. The lowest BCUT2D eigenvalue weighted by Crippen LogP contribution is -2.45. The minimum absolute atomic E-state index is 0.0717. The quantitative estimate of drug-likeness (QED) is 0.586. The molecule has 2 aliphatic rings. The molecular formula is C22H23ClN4O4S. The van der Waals surface area contributed by atoms with E-state index in [4.69, 9.17) is 28.6 Å². The Morgan fingerprint density at radius 3 is 2.44 bits per heavy atom. The van der Waals surface area contributed by atoms with Gasteiger partial charge < -0.3 is 30.3 Å². The van der Waals surface area contributed by atoms with Crippen molar-refractivity contribution < 1.29 is 19.4 Å². The number of halogens is 1. The second-order valence-electron chi connectivity index (χ2n) is 7.63. The molecule has 0 aliphatic carbocycles. The first kappa shape index (κ1) is 22.5. The first-order chi connectivity index (χ1) is 15.4. The number of carbonyl (C=O) groups is 2. The fraction of sp³-hybridized carbons (Fsp3) is 0.318. The molecule has 2 aromatic carbocycles. The monoisotopic (exact) mass is 474 g/mol. The summed E-state index contributed by atoms with van der Waals surface area (Å²) in [6.07, 6.45) is -0.389. The predicted molar refractivity (Wildman–Crippen MR) is 127 cm³/mol. The molecule has 32 heavy (non-hydrogen) atoms. The first-order valence-corrected chi connectivity index (χ1v) is 11.0. The fourth-order valence-corrected chi connectivity index (χ4v) is 4.20. The standard InChI is InChI=1S/C22H23ClN4O4S/c23-14-1-3-16(4-2-14)25-22(32)27-12-18(28)11-19(27)21(30)24-15-5-7-17(8-6-15)26-9-10-31-13-20(26)29/h1-8,18-19,28H,9-13H2,(H,24,30)(H,25,32)/t18-,19-/m1/s1. The number of amides is 2. The van der Waals surface area contributed by atoms with Crippen LogP contribution in [0.15, 0.2) is 48.5 Å². The number of anilines is 3. The summed E-state index contributed by atoms with van der Waals surface area (Å²) < 4.78 is 5.15. The van der Waals surface area contributed by atoms with Crippen LogP contribution in [0, 0.1) is 0 Å². The van der Waals surface area contributed by atoms with Gasteiger partial charge in [-0.1, -0.05) is 11.6 Å². The van der Waals surface area contributed by atoms with Crippen molar-refractivity contribution >= 4 is 57.8 Å². The fourth-order valence-electron chi connectivity index (χ4n) is 3.76. The Labute approximate surface area is 196 Å². The van der Waals surface area contributed by atoms with Gasteiger partial charge in [-0.05, 0) is 60.7 Å². The van der Waals surface area contributed by atoms with E-state index >= 15 is 0 Å². The van der Waals surface area contributed by atoms with Crippen molar-refractivity contribution in [1.82, 2.24) is 4.90 Å². The van der Waals surface area contributed by atoms with Crippen LogP contribution < -0.4 is 15.5 Å². The van der Waals surface area contributed by atoms with E-state index in [1.807, 2.05) is 0 Å². The molecule has 168 valence electrons. The molecule has 0 saturated carbocycles. The molecule has 8 nitrogen and oxygen atoms in total. The van der Waals surface area contributed by atoms with Gasteiger partial charge in [0, 0.05) is 41.6 Å². The van der Waals surface area contributed by atoms with Crippen LogP contribution in [0.2, 0.25) is 5.02 Å². The normalized spacial score (nSPS) is 20.9. The van der Waals surface area contributed by atoms with E-state index in [1.165, 1.54) is 0 Å². The zero-order chi connectivity index (χ0) is 22.7. The summed E-state index contributed by atoms with van der Waals surface area (Å²) in [6.45, 7) is 1.32. The average molecular weight is 475 g/mol. The number of ether oxygens (including phenoxy) is 1. The van der Waals surface area contributed by atoms with Gasteiger partial charge in [-0.2, -0.15) is 0 Å². The molecule has 10 heteroatoms. The number of rotatable bonds is 4. The highest BCUT2D eigenvalue weighted by Gasteiger charge is 2.37. The molecule has 2 heterocycles. The molecule has 2 aliphatic heterocycles. The maximum Gasteiger partial charge on any atom is 0.253 e. The second-order valence-corrected chi connectivity index (χ2v) is 8.45. The number of thiocarbonyl (C=S) groups is 1. The minimum Gasteiger partial charge on any atom is -0.391 e. The SMILES string of the molecule is O=C(Nc1ccc(N2CCOCC2=O)cc1)[C@H]1C[C@@H](O)CN1C(=S)Nc1ccc(Cl)cc1. The lowest BCUT2D eigenvalue weighted by atomic mass is 10.1. The molecule has 2 amide bonds. The van der Waals surface area contributed by atoms with Gasteiger partial charge >= 0.3 is 0 Å². The van der Waals surface area contributed by atoms with E-state index in [1.54, 1.807) is 58.3 Å². The molecular weight excluding hydrogens is 452 g/mol. The maximum atomic E-state index is 13.0. The van der Waals surface area contributed by atoms with Gasteiger partial charge in [0.1, 0.15) is 12.6 Å². The molecule has 0 unspecified atom stereocenters. The molecule has 0 bridgehead atoms. The average Bonchev–Trinajstić information content (AvgIpc) is 3.18. The van der Waals surface area contributed by atoms with E-state index in [2.05, 4.69) is 10.6 Å². The Balaban J connectivity index is 1.40. The van der Waals surface area contributed by atoms with E-state index in [-0.39, 0.29) is 31.4 Å². The van der Waals surface area contributed by atoms with Crippen LogP contribution in [-0.2, 0) is 14.3 Å². The van der Waals surface area contributed by atoms with Crippen LogP contribution in [-0.4, -0.2) is 65.4 Å². The lowest BCUT2D eigenvalue weighted by Gasteiger charge is -2.27. The molecule has 2 fully saturated rings. The second kappa shape index (κ2) is 9.83. The van der Waals surface area contributed by atoms with Crippen molar-refractivity contribution in [2.75, 3.05) is 41.8 Å². The summed E-state index contributed by atoms with van der Waals surface area (Å²) in [6, 6.07) is 13.5. The highest BCUT2D eigenvalue weighted by molar-refractivity contribution is 7.80. The smallest absolute Gasteiger partial charge is 0.253 e. The zero-order valence-corrected chi connectivity index (χ0v) is 18.7. The number of hydrogen-bond acceptors (Lipinski definition) is 5. The van der Waals surface area contributed by atoms with E-state index in [0.717, 1.165) is 11.4 Å². The number of nitrogens with zero attached hydrogens (tertiary/aromatic N) is 2. The molecule has 2 atom stereocenters. The number of β-amino-alcohol motifs (C(OH)–C–C–N with tert-alkyl or cyclic N) is 1. The number of likely N-dealkylation sites (tertiary alicyclic amines) is 1. The highest BCUT2D eigenvalue weighted by Crippen LogP contribution is 2.24. The van der Waals surface area contributed by atoms with Crippen molar-refractivity contribution in [2.24, 2.45) is 0 Å². The van der Waals surface area contributed by atoms with Crippen LogP contribution in [0.3, 0.4) is 0 Å². The van der Waals surface area contributed by atoms with Crippen LogP contribution in [0.1, 0.15) is 6.42 Å². The third-order valence-electron chi connectivity index (χ3n) is 5.37. The molecule has 4 rings (SSSR count). The molecule has 3 N–H and O–H groups in total. The van der Waals surface area contributed by atoms with Gasteiger partial charge in [0.15, 0.2) is 5.11 Å². The lowest BCUT2D eigenvalue weighted by molar-refractivity contribution is -0.125. The summed E-state index contributed by atoms with van der Waals surface area (Å²) in [5.41, 5.74) is 2.09. The summed E-state index contributed by atoms with van der Waals surface area (Å²) >= 11 is 11.4. The highest BCUT2D eigenvalue weighted by atomic mass is 35.5. The summed E-state index contributed by atoms with van der Waals surface area (Å²) in [5, 5.41) is 17.1. The molecule has 2 aromatic rings. The number of aliphatic hydroxyl groups excluding tert-OH is 1. The van der Waals surface area contributed by atoms with Gasteiger partial charge in [0.2, 0.25) is 5.91 Å². The van der Waals surface area contributed by atoms with Crippen LogP contribution in [0.4, 0.5) is 17.1 Å². The van der Waals surface area contributed by atoms with E-state index in [9.17, 15) is 14.7 Å². The largest absolute Gasteiger partial charge is 0.391 e. The Hall–Kier alpha value is -2.72. The Morgan fingerprint density at radius 1 is 1.09 bits per heavy atom. The van der Waals surface area contributed by atoms with Crippen LogP contribution >= 0.6 is 23.8 Å². The van der Waals surface area contributed by atoms with Crippen molar-refractivity contribution in [3.63, 3.8) is 0 Å². The van der Waals surface area contributed by atoms with E-state index in [0.29, 0.717) is 29.0 Å². The van der Waals surface area contributed by atoms with Crippen molar-refractivity contribution in [3.8, 4) is 0 Å². The van der Waals surface area contributed by atoms with Gasteiger partial charge in [-0.3, -0.25) is 9.59 Å². The molecule has 0 radical (unpaired) electrons. The van der Waals surface area contributed by atoms with Gasteiger partial charge in [-0.25, -0.2) is 0 Å². The number of hydrogen-bond donors (Lipinski definition) is 3. The topological polar surface area (TPSA) is 94.1 Å². The predicted octanol–water partition coefficient (Wildman–Crippen LogP) is 2.47. The van der Waals surface area contributed by atoms with Gasteiger partial charge in [0.05, 0.1) is 12.7 Å². The molecule has 0 spiro atoms. The third kappa shape index (κ3) is 5.18. The molecule has 0 aromatic heterocycles. The number of benzene rings is 2. The van der Waals surface area contributed by atoms with Crippen molar-refractivity contribution in [1.29, 1.82) is 0 Å². The summed E-state index contributed by atoms with van der Waals surface area (Å²) in [5.74, 6) is -0.359. The number of carbonyl (C=O) groups excluding carboxylic acids is 2. The van der Waals surface area contributed by atoms with Gasteiger partial charge in [-0.15, -0.1) is 0 Å². The Bertz CT molecular complexity index is 1000. The summed E-state index contributed by atoms with van der Waals surface area (Å²) in [4.78, 5) is 28.3. The Morgan fingerprint density at radius 2 is 1.75 bits per heavy atom. The number of morpholine rings is 1. The minimum atomic E-state index is -0.662. The maximum absolute atomic E-state index is 13.0. The number of aliphatic hydroxyl groups is 1.